The Hall–Kier alpha value is -3.11. The lowest BCUT2D eigenvalue weighted by atomic mass is 10.1. The minimum Gasteiger partial charge on any atom is -0.354 e. The van der Waals surface area contributed by atoms with Crippen LogP contribution in [-0.4, -0.2) is 40.6 Å². The molecule has 30 heavy (non-hydrogen) atoms. The van der Waals surface area contributed by atoms with Crippen LogP contribution in [0.2, 0.25) is 0 Å². The van der Waals surface area contributed by atoms with Crippen molar-refractivity contribution in [3.05, 3.63) is 96.6 Å². The third-order valence-corrected chi connectivity index (χ3v) is 6.27. The second-order valence-corrected chi connectivity index (χ2v) is 8.28. The largest absolute Gasteiger partial charge is 0.354 e. The van der Waals surface area contributed by atoms with E-state index in [-0.39, 0.29) is 0 Å². The van der Waals surface area contributed by atoms with E-state index in [1.165, 1.54) is 34.5 Å². The molecule has 2 aliphatic heterocycles. The molecule has 1 saturated heterocycles. The summed E-state index contributed by atoms with van der Waals surface area (Å²) in [6.07, 6.45) is 7.57. The second-order valence-electron chi connectivity index (χ2n) is 8.28. The van der Waals surface area contributed by atoms with Crippen molar-refractivity contribution in [2.45, 2.75) is 25.9 Å². The lowest BCUT2D eigenvalue weighted by Gasteiger charge is -2.27. The van der Waals surface area contributed by atoms with Gasteiger partial charge in [0.2, 0.25) is 0 Å². The van der Waals surface area contributed by atoms with Gasteiger partial charge in [0.15, 0.2) is 0 Å². The van der Waals surface area contributed by atoms with E-state index < -0.39 is 0 Å². The third-order valence-electron chi connectivity index (χ3n) is 6.27. The fourth-order valence-electron chi connectivity index (χ4n) is 4.44. The fourth-order valence-corrected chi connectivity index (χ4v) is 4.44. The molecular weight excluding hydrogens is 368 g/mol. The molecule has 0 saturated carbocycles. The maximum absolute atomic E-state index is 4.57. The number of rotatable bonds is 5. The number of hydrogen-bond donors (Lipinski definition) is 0. The van der Waals surface area contributed by atoms with Crippen LogP contribution in [-0.2, 0) is 6.54 Å². The SMILES string of the molecule is Cc1cccnc1CN1CC[C@H](N2C=CN(c3ccc(-c4ccccc4)cc3)C2)C1. The van der Waals surface area contributed by atoms with E-state index in [4.69, 9.17) is 0 Å². The van der Waals surface area contributed by atoms with Crippen LogP contribution in [0.25, 0.3) is 11.1 Å². The standard InChI is InChI=1S/C26H28N4/c1-21-6-5-14-27-26(21)19-28-15-13-25(18-28)30-17-16-29(20-30)24-11-9-23(10-12-24)22-7-3-2-4-8-22/h2-12,14,16-17,25H,13,15,18-20H2,1H3/t25-/m0/s1. The van der Waals surface area contributed by atoms with Gasteiger partial charge < -0.3 is 9.80 Å². The number of aryl methyl sites for hydroxylation is 1. The monoisotopic (exact) mass is 396 g/mol. The Morgan fingerprint density at radius 1 is 0.900 bits per heavy atom. The molecule has 1 fully saturated rings. The summed E-state index contributed by atoms with van der Waals surface area (Å²) in [6.45, 7) is 6.26. The number of pyridine rings is 1. The highest BCUT2D eigenvalue weighted by Gasteiger charge is 2.29. The number of nitrogens with zero attached hydrogens (tertiary/aromatic N) is 4. The molecule has 2 aliphatic rings. The van der Waals surface area contributed by atoms with Gasteiger partial charge in [0.1, 0.15) is 0 Å². The van der Waals surface area contributed by atoms with Gasteiger partial charge in [-0.2, -0.15) is 0 Å². The zero-order valence-electron chi connectivity index (χ0n) is 17.5. The first-order valence-corrected chi connectivity index (χ1v) is 10.8. The molecule has 4 heteroatoms. The summed E-state index contributed by atoms with van der Waals surface area (Å²) in [5.74, 6) is 0. The van der Waals surface area contributed by atoms with E-state index in [2.05, 4.69) is 99.7 Å². The summed E-state index contributed by atoms with van der Waals surface area (Å²) in [4.78, 5) is 11.9. The van der Waals surface area contributed by atoms with Gasteiger partial charge in [-0.15, -0.1) is 0 Å². The van der Waals surface area contributed by atoms with Crippen LogP contribution in [0.4, 0.5) is 5.69 Å². The highest BCUT2D eigenvalue weighted by atomic mass is 15.4. The number of benzene rings is 2. The Bertz CT molecular complexity index is 1010. The lowest BCUT2D eigenvalue weighted by molar-refractivity contribution is 0.264. The van der Waals surface area contributed by atoms with Crippen LogP contribution < -0.4 is 4.90 Å². The van der Waals surface area contributed by atoms with Crippen LogP contribution in [0, 0.1) is 6.92 Å². The van der Waals surface area contributed by atoms with Crippen LogP contribution in [0.3, 0.4) is 0 Å². The molecule has 152 valence electrons. The number of likely N-dealkylation sites (tertiary alicyclic amines) is 1. The zero-order valence-corrected chi connectivity index (χ0v) is 17.5. The van der Waals surface area contributed by atoms with Gasteiger partial charge in [-0.05, 0) is 48.2 Å². The Kier molecular flexibility index (Phi) is 5.24. The molecule has 4 nitrogen and oxygen atoms in total. The second kappa shape index (κ2) is 8.33. The molecule has 0 aliphatic carbocycles. The van der Waals surface area contributed by atoms with E-state index >= 15 is 0 Å². The zero-order chi connectivity index (χ0) is 20.3. The highest BCUT2D eigenvalue weighted by Crippen LogP contribution is 2.27. The predicted octanol–water partition coefficient (Wildman–Crippen LogP) is 4.88. The van der Waals surface area contributed by atoms with Crippen molar-refractivity contribution in [2.75, 3.05) is 24.7 Å². The molecule has 0 amide bonds. The quantitative estimate of drug-likeness (QED) is 0.613. The Labute approximate surface area is 179 Å². The average molecular weight is 397 g/mol. The molecule has 2 aromatic carbocycles. The van der Waals surface area contributed by atoms with Crippen LogP contribution in [0.1, 0.15) is 17.7 Å². The van der Waals surface area contributed by atoms with Gasteiger partial charge in [-0.3, -0.25) is 9.88 Å². The summed E-state index contributed by atoms with van der Waals surface area (Å²) >= 11 is 0. The maximum atomic E-state index is 4.57. The first-order chi connectivity index (χ1) is 14.8. The molecular formula is C26H28N4. The molecule has 0 spiro atoms. The van der Waals surface area contributed by atoms with Crippen molar-refractivity contribution < 1.29 is 0 Å². The van der Waals surface area contributed by atoms with E-state index in [0.717, 1.165) is 26.3 Å². The smallest absolute Gasteiger partial charge is 0.0945 e. The molecule has 1 aromatic heterocycles. The van der Waals surface area contributed by atoms with Gasteiger partial charge in [0.25, 0.3) is 0 Å². The van der Waals surface area contributed by atoms with Crippen LogP contribution in [0.5, 0.6) is 0 Å². The molecule has 0 N–H and O–H groups in total. The maximum Gasteiger partial charge on any atom is 0.0945 e. The van der Waals surface area contributed by atoms with Gasteiger partial charge in [-0.1, -0.05) is 48.5 Å². The van der Waals surface area contributed by atoms with Crippen LogP contribution in [0.15, 0.2) is 85.3 Å². The topological polar surface area (TPSA) is 22.6 Å². The first kappa shape index (κ1) is 18.9. The van der Waals surface area contributed by atoms with E-state index in [9.17, 15) is 0 Å². The first-order valence-electron chi connectivity index (χ1n) is 10.8. The summed E-state index contributed by atoms with van der Waals surface area (Å²) in [5, 5.41) is 0. The minimum absolute atomic E-state index is 0.568. The number of hydrogen-bond acceptors (Lipinski definition) is 4. The molecule has 0 radical (unpaired) electrons. The van der Waals surface area contributed by atoms with Crippen molar-refractivity contribution in [2.24, 2.45) is 0 Å². The third kappa shape index (κ3) is 3.96. The van der Waals surface area contributed by atoms with Crippen molar-refractivity contribution in [1.82, 2.24) is 14.8 Å². The summed E-state index contributed by atoms with van der Waals surface area (Å²) in [5.41, 5.74) is 6.25. The molecule has 3 heterocycles. The van der Waals surface area contributed by atoms with Gasteiger partial charge in [0.05, 0.1) is 12.4 Å². The van der Waals surface area contributed by atoms with Gasteiger partial charge in [-0.25, -0.2) is 0 Å². The average Bonchev–Trinajstić information content (AvgIpc) is 3.46. The molecule has 0 bridgehead atoms. The number of anilines is 1. The molecule has 0 unspecified atom stereocenters. The van der Waals surface area contributed by atoms with E-state index in [1.807, 2.05) is 12.3 Å². The molecule has 1 atom stereocenters. The van der Waals surface area contributed by atoms with Crippen molar-refractivity contribution >= 4 is 5.69 Å². The molecule has 5 rings (SSSR count). The van der Waals surface area contributed by atoms with Crippen LogP contribution >= 0.6 is 0 Å². The Morgan fingerprint density at radius 2 is 1.70 bits per heavy atom. The van der Waals surface area contributed by atoms with Gasteiger partial charge >= 0.3 is 0 Å². The van der Waals surface area contributed by atoms with Crippen molar-refractivity contribution in [3.63, 3.8) is 0 Å². The Balaban J connectivity index is 1.19. The minimum atomic E-state index is 0.568. The van der Waals surface area contributed by atoms with E-state index in [1.54, 1.807) is 0 Å². The summed E-state index contributed by atoms with van der Waals surface area (Å²) < 4.78 is 0. The van der Waals surface area contributed by atoms with Gasteiger partial charge in [0, 0.05) is 50.0 Å². The van der Waals surface area contributed by atoms with E-state index in [0.29, 0.717) is 6.04 Å². The lowest BCUT2D eigenvalue weighted by Crippen LogP contribution is -2.36. The number of aromatic nitrogens is 1. The predicted molar refractivity (Wildman–Crippen MR) is 123 cm³/mol. The summed E-state index contributed by atoms with van der Waals surface area (Å²) in [7, 11) is 0. The Morgan fingerprint density at radius 3 is 2.50 bits per heavy atom. The van der Waals surface area contributed by atoms with Crippen molar-refractivity contribution in [3.8, 4) is 11.1 Å². The van der Waals surface area contributed by atoms with Crippen molar-refractivity contribution in [1.29, 1.82) is 0 Å². The fraction of sp³-hybridized carbons (Fsp3) is 0.269. The normalized spacial score (nSPS) is 19.0. The summed E-state index contributed by atoms with van der Waals surface area (Å²) in [6, 6.07) is 24.2. The highest BCUT2D eigenvalue weighted by molar-refractivity contribution is 5.66. The molecule has 3 aromatic rings.